The second kappa shape index (κ2) is 6.86. The monoisotopic (exact) mass is 275 g/mol. The normalized spacial score (nSPS) is 12.2. The van der Waals surface area contributed by atoms with Crippen LogP contribution >= 0.6 is 0 Å². The molecule has 1 aromatic rings. The number of guanidine groups is 1. The molecule has 0 heterocycles. The van der Waals surface area contributed by atoms with Gasteiger partial charge in [0.05, 0.1) is 0 Å². The van der Waals surface area contributed by atoms with Crippen LogP contribution in [0.5, 0.6) is 5.75 Å². The fourth-order valence-corrected chi connectivity index (χ4v) is 1.33. The molecule has 1 rings (SSSR count). The lowest BCUT2D eigenvalue weighted by Gasteiger charge is -2.11. The Bertz CT molecular complexity index is 415. The second-order valence-corrected chi connectivity index (χ2v) is 3.72. The van der Waals surface area contributed by atoms with Crippen molar-refractivity contribution >= 4 is 5.96 Å². The van der Waals surface area contributed by atoms with Gasteiger partial charge in [-0.15, -0.1) is 0 Å². The molecule has 0 radical (unpaired) electrons. The molecule has 106 valence electrons. The van der Waals surface area contributed by atoms with E-state index in [9.17, 15) is 13.2 Å². The van der Waals surface area contributed by atoms with Gasteiger partial charge in [0.2, 0.25) is 0 Å². The van der Waals surface area contributed by atoms with Crippen LogP contribution < -0.4 is 15.4 Å². The Hall–Kier alpha value is -1.92. The van der Waals surface area contributed by atoms with E-state index in [4.69, 9.17) is 0 Å². The average molecular weight is 275 g/mol. The molecule has 2 N–H and O–H groups in total. The van der Waals surface area contributed by atoms with E-state index in [0.717, 1.165) is 5.56 Å². The third-order valence-corrected chi connectivity index (χ3v) is 2.25. The number of benzene rings is 1. The number of nitrogens with one attached hydrogen (secondary N) is 2. The van der Waals surface area contributed by atoms with Gasteiger partial charge in [0, 0.05) is 20.6 Å². The highest BCUT2D eigenvalue weighted by molar-refractivity contribution is 5.79. The Morgan fingerprint density at radius 2 is 1.89 bits per heavy atom. The van der Waals surface area contributed by atoms with Crippen LogP contribution in [0.3, 0.4) is 0 Å². The number of hydrogen-bond donors (Lipinski definition) is 2. The van der Waals surface area contributed by atoms with E-state index in [-0.39, 0.29) is 5.75 Å². The van der Waals surface area contributed by atoms with Gasteiger partial charge in [-0.05, 0) is 17.7 Å². The lowest BCUT2D eigenvalue weighted by atomic mass is 10.2. The minimum Gasteiger partial charge on any atom is -0.484 e. The Balaban J connectivity index is 2.48. The van der Waals surface area contributed by atoms with Crippen molar-refractivity contribution in [1.82, 2.24) is 10.6 Å². The number of rotatable bonds is 4. The topological polar surface area (TPSA) is 45.7 Å². The summed E-state index contributed by atoms with van der Waals surface area (Å²) in [5.41, 5.74) is 0.913. The first-order valence-electron chi connectivity index (χ1n) is 5.61. The van der Waals surface area contributed by atoms with Crippen molar-refractivity contribution in [2.75, 3.05) is 20.7 Å². The molecular formula is C12H16F3N3O. The van der Waals surface area contributed by atoms with Crippen LogP contribution in [-0.2, 0) is 6.54 Å². The molecule has 0 saturated carbocycles. The summed E-state index contributed by atoms with van der Waals surface area (Å²) in [6, 6.07) is 6.40. The van der Waals surface area contributed by atoms with E-state index in [1.165, 1.54) is 12.1 Å². The standard InChI is InChI=1S/C12H16F3N3O/c1-16-11(17-2)18-7-9-3-5-10(6-4-9)19-8-12(13,14)15/h3-6H,7-8H2,1-2H3,(H2,16,17,18). The Morgan fingerprint density at radius 3 is 2.37 bits per heavy atom. The van der Waals surface area contributed by atoms with Crippen molar-refractivity contribution in [3.8, 4) is 5.75 Å². The van der Waals surface area contributed by atoms with E-state index < -0.39 is 12.8 Å². The van der Waals surface area contributed by atoms with Gasteiger partial charge in [-0.3, -0.25) is 4.99 Å². The number of halogens is 3. The zero-order valence-electron chi connectivity index (χ0n) is 10.7. The fraction of sp³-hybridized carbons (Fsp3) is 0.417. The Kier molecular flexibility index (Phi) is 5.47. The van der Waals surface area contributed by atoms with Crippen molar-refractivity contribution in [2.45, 2.75) is 12.7 Å². The first-order chi connectivity index (χ1) is 8.94. The molecule has 0 fully saturated rings. The highest BCUT2D eigenvalue weighted by Gasteiger charge is 2.28. The van der Waals surface area contributed by atoms with Gasteiger partial charge in [-0.25, -0.2) is 0 Å². The summed E-state index contributed by atoms with van der Waals surface area (Å²) < 4.78 is 40.5. The molecular weight excluding hydrogens is 259 g/mol. The molecule has 0 aliphatic rings. The molecule has 4 nitrogen and oxygen atoms in total. The highest BCUT2D eigenvalue weighted by Crippen LogP contribution is 2.18. The summed E-state index contributed by atoms with van der Waals surface area (Å²) in [4.78, 5) is 3.94. The number of alkyl halides is 3. The lowest BCUT2D eigenvalue weighted by Crippen LogP contribution is -2.34. The lowest BCUT2D eigenvalue weighted by molar-refractivity contribution is -0.153. The van der Waals surface area contributed by atoms with E-state index in [1.807, 2.05) is 0 Å². The first kappa shape index (κ1) is 15.1. The molecule has 1 aromatic carbocycles. The Labute approximate surface area is 109 Å². The van der Waals surface area contributed by atoms with Crippen LogP contribution in [0.15, 0.2) is 29.3 Å². The Morgan fingerprint density at radius 1 is 1.26 bits per heavy atom. The van der Waals surface area contributed by atoms with Crippen LogP contribution in [0.2, 0.25) is 0 Å². The van der Waals surface area contributed by atoms with Gasteiger partial charge in [-0.2, -0.15) is 13.2 Å². The molecule has 0 spiro atoms. The van der Waals surface area contributed by atoms with Gasteiger partial charge in [-0.1, -0.05) is 12.1 Å². The van der Waals surface area contributed by atoms with Gasteiger partial charge < -0.3 is 15.4 Å². The van der Waals surface area contributed by atoms with Gasteiger partial charge in [0.15, 0.2) is 12.6 Å². The maximum Gasteiger partial charge on any atom is 0.422 e. The summed E-state index contributed by atoms with van der Waals surface area (Å²) in [6.45, 7) is -0.760. The zero-order valence-corrected chi connectivity index (χ0v) is 10.7. The fourth-order valence-electron chi connectivity index (χ4n) is 1.33. The number of ether oxygens (including phenoxy) is 1. The van der Waals surface area contributed by atoms with Crippen LogP contribution in [0.1, 0.15) is 5.56 Å². The van der Waals surface area contributed by atoms with Crippen LogP contribution in [0.25, 0.3) is 0 Å². The summed E-state index contributed by atoms with van der Waals surface area (Å²) >= 11 is 0. The molecule has 0 amide bonds. The molecule has 0 saturated heterocycles. The summed E-state index contributed by atoms with van der Waals surface area (Å²) in [5, 5.41) is 5.89. The SMILES string of the molecule is CN=C(NC)NCc1ccc(OCC(F)(F)F)cc1. The molecule has 0 atom stereocenters. The minimum atomic E-state index is -4.32. The molecule has 19 heavy (non-hydrogen) atoms. The third-order valence-electron chi connectivity index (χ3n) is 2.25. The van der Waals surface area contributed by atoms with E-state index in [2.05, 4.69) is 20.4 Å². The van der Waals surface area contributed by atoms with Crippen molar-refractivity contribution < 1.29 is 17.9 Å². The van der Waals surface area contributed by atoms with Crippen molar-refractivity contribution in [1.29, 1.82) is 0 Å². The van der Waals surface area contributed by atoms with Crippen LogP contribution in [0.4, 0.5) is 13.2 Å². The highest BCUT2D eigenvalue weighted by atomic mass is 19.4. The van der Waals surface area contributed by atoms with Crippen LogP contribution in [0, 0.1) is 0 Å². The molecule has 0 bridgehead atoms. The number of nitrogens with zero attached hydrogens (tertiary/aromatic N) is 1. The second-order valence-electron chi connectivity index (χ2n) is 3.72. The molecule has 0 aliphatic heterocycles. The van der Waals surface area contributed by atoms with Gasteiger partial charge in [0.1, 0.15) is 5.75 Å². The molecule has 0 aliphatic carbocycles. The number of hydrogen-bond acceptors (Lipinski definition) is 2. The number of aliphatic imine (C=N–C) groups is 1. The van der Waals surface area contributed by atoms with Gasteiger partial charge >= 0.3 is 6.18 Å². The maximum atomic E-state index is 12.0. The van der Waals surface area contributed by atoms with Crippen molar-refractivity contribution in [3.05, 3.63) is 29.8 Å². The van der Waals surface area contributed by atoms with E-state index in [1.54, 1.807) is 26.2 Å². The summed E-state index contributed by atoms with van der Waals surface area (Å²) in [6.07, 6.45) is -4.32. The predicted molar refractivity (Wildman–Crippen MR) is 67.3 cm³/mol. The molecule has 0 aromatic heterocycles. The van der Waals surface area contributed by atoms with E-state index in [0.29, 0.717) is 12.5 Å². The first-order valence-corrected chi connectivity index (χ1v) is 5.61. The van der Waals surface area contributed by atoms with Crippen molar-refractivity contribution in [2.24, 2.45) is 4.99 Å². The quantitative estimate of drug-likeness (QED) is 0.652. The average Bonchev–Trinajstić information content (AvgIpc) is 2.38. The minimum absolute atomic E-state index is 0.194. The summed E-state index contributed by atoms with van der Waals surface area (Å²) in [5.74, 6) is 0.830. The molecule has 7 heteroatoms. The third kappa shape index (κ3) is 5.98. The predicted octanol–water partition coefficient (Wildman–Crippen LogP) is 1.92. The van der Waals surface area contributed by atoms with E-state index >= 15 is 0 Å². The maximum absolute atomic E-state index is 12.0. The van der Waals surface area contributed by atoms with Gasteiger partial charge in [0.25, 0.3) is 0 Å². The van der Waals surface area contributed by atoms with Crippen LogP contribution in [-0.4, -0.2) is 32.8 Å². The smallest absolute Gasteiger partial charge is 0.422 e. The summed E-state index contributed by atoms with van der Waals surface area (Å²) in [7, 11) is 3.39. The molecule has 0 unspecified atom stereocenters. The zero-order chi connectivity index (χ0) is 14.3. The largest absolute Gasteiger partial charge is 0.484 e. The van der Waals surface area contributed by atoms with Crippen molar-refractivity contribution in [3.63, 3.8) is 0 Å².